The number of aliphatic carboxylic acids is 1. The van der Waals surface area contributed by atoms with Gasteiger partial charge in [-0.25, -0.2) is 14.4 Å². The molecule has 1 aromatic carbocycles. The van der Waals surface area contributed by atoms with Gasteiger partial charge < -0.3 is 19.3 Å². The number of carboxylic acids is 1. The standard InChI is InChI=1S/C19H19BrFN5O3S/c1-25-14-9-22-18(23-17(14)24-19(25)30-10-16(27)28)26-6-4-12(5-7-26)29-15-8-11(21)2-3-13(15)20/h2-3,8-9,12H,4-7,10H2,1H3,(H,27,28). The van der Waals surface area contributed by atoms with E-state index in [1.54, 1.807) is 16.8 Å². The lowest BCUT2D eigenvalue weighted by atomic mass is 10.1. The fraction of sp³-hybridized carbons (Fsp3) is 0.368. The summed E-state index contributed by atoms with van der Waals surface area (Å²) in [4.78, 5) is 26.4. The highest BCUT2D eigenvalue weighted by atomic mass is 79.9. The molecule has 11 heteroatoms. The van der Waals surface area contributed by atoms with Crippen molar-refractivity contribution < 1.29 is 19.0 Å². The third-order valence-electron chi connectivity index (χ3n) is 4.82. The molecule has 158 valence electrons. The number of imidazole rings is 1. The van der Waals surface area contributed by atoms with Gasteiger partial charge >= 0.3 is 5.97 Å². The molecule has 0 atom stereocenters. The molecule has 1 aliphatic rings. The SMILES string of the molecule is Cn1c(SCC(=O)O)nc2nc(N3CCC(Oc4cc(F)ccc4Br)CC3)ncc21. The van der Waals surface area contributed by atoms with E-state index in [4.69, 9.17) is 9.84 Å². The molecule has 1 fully saturated rings. The Balaban J connectivity index is 1.42. The van der Waals surface area contributed by atoms with Gasteiger partial charge in [-0.3, -0.25) is 4.79 Å². The Kier molecular flexibility index (Phi) is 6.09. The third-order valence-corrected chi connectivity index (χ3v) is 6.49. The van der Waals surface area contributed by atoms with Crippen LogP contribution in [0.3, 0.4) is 0 Å². The molecule has 0 aliphatic carbocycles. The summed E-state index contributed by atoms with van der Waals surface area (Å²) in [6, 6.07) is 4.41. The van der Waals surface area contributed by atoms with Crippen LogP contribution in [-0.2, 0) is 11.8 Å². The molecule has 0 saturated carbocycles. The van der Waals surface area contributed by atoms with E-state index >= 15 is 0 Å². The summed E-state index contributed by atoms with van der Waals surface area (Å²) in [6.07, 6.45) is 3.21. The van der Waals surface area contributed by atoms with Crippen LogP contribution >= 0.6 is 27.7 Å². The number of nitrogens with zero attached hydrogens (tertiary/aromatic N) is 5. The third kappa shape index (κ3) is 4.51. The second kappa shape index (κ2) is 8.76. The number of benzene rings is 1. The largest absolute Gasteiger partial charge is 0.489 e. The average molecular weight is 496 g/mol. The first kappa shape index (κ1) is 20.9. The summed E-state index contributed by atoms with van der Waals surface area (Å²) in [6.45, 7) is 1.41. The number of piperidine rings is 1. The van der Waals surface area contributed by atoms with Crippen LogP contribution in [0.1, 0.15) is 12.8 Å². The Morgan fingerprint density at radius 2 is 2.13 bits per heavy atom. The molecule has 30 heavy (non-hydrogen) atoms. The number of hydrogen-bond donors (Lipinski definition) is 1. The van der Waals surface area contributed by atoms with Crippen molar-refractivity contribution in [1.82, 2.24) is 19.5 Å². The van der Waals surface area contributed by atoms with Crippen molar-refractivity contribution in [2.45, 2.75) is 24.1 Å². The van der Waals surface area contributed by atoms with Crippen molar-refractivity contribution in [3.05, 3.63) is 34.7 Å². The molecular weight excluding hydrogens is 477 g/mol. The Morgan fingerprint density at radius 1 is 1.37 bits per heavy atom. The zero-order valence-electron chi connectivity index (χ0n) is 16.1. The van der Waals surface area contributed by atoms with Gasteiger partial charge in [0.1, 0.15) is 23.2 Å². The van der Waals surface area contributed by atoms with Gasteiger partial charge in [0.05, 0.1) is 16.4 Å². The molecule has 1 saturated heterocycles. The highest BCUT2D eigenvalue weighted by molar-refractivity contribution is 9.10. The number of hydrogen-bond acceptors (Lipinski definition) is 7. The zero-order valence-corrected chi connectivity index (χ0v) is 18.5. The Morgan fingerprint density at radius 3 is 2.87 bits per heavy atom. The van der Waals surface area contributed by atoms with Gasteiger partial charge in [0.25, 0.3) is 0 Å². The topological polar surface area (TPSA) is 93.4 Å². The van der Waals surface area contributed by atoms with E-state index in [-0.39, 0.29) is 17.7 Å². The molecule has 3 heterocycles. The van der Waals surface area contributed by atoms with Crippen molar-refractivity contribution in [3.63, 3.8) is 0 Å². The summed E-state index contributed by atoms with van der Waals surface area (Å²) in [5, 5.41) is 9.46. The van der Waals surface area contributed by atoms with Gasteiger partial charge in [0, 0.05) is 39.0 Å². The van der Waals surface area contributed by atoms with Crippen LogP contribution in [0.5, 0.6) is 5.75 Å². The summed E-state index contributed by atoms with van der Waals surface area (Å²) >= 11 is 4.54. The van der Waals surface area contributed by atoms with E-state index in [1.807, 2.05) is 7.05 Å². The number of ether oxygens (including phenoxy) is 1. The fourth-order valence-electron chi connectivity index (χ4n) is 3.27. The summed E-state index contributed by atoms with van der Waals surface area (Å²) in [7, 11) is 1.82. The van der Waals surface area contributed by atoms with Gasteiger partial charge in [0.15, 0.2) is 10.8 Å². The summed E-state index contributed by atoms with van der Waals surface area (Å²) in [5.41, 5.74) is 1.29. The second-order valence-corrected chi connectivity index (χ2v) is 8.69. The quantitative estimate of drug-likeness (QED) is 0.519. The Labute approximate surface area is 184 Å². The predicted octanol–water partition coefficient (Wildman–Crippen LogP) is 3.49. The maximum Gasteiger partial charge on any atom is 0.313 e. The number of fused-ring (bicyclic) bond motifs is 1. The average Bonchev–Trinajstić information content (AvgIpc) is 3.05. The van der Waals surface area contributed by atoms with Crippen molar-refractivity contribution in [2.24, 2.45) is 7.05 Å². The minimum Gasteiger partial charge on any atom is -0.489 e. The van der Waals surface area contributed by atoms with E-state index in [2.05, 4.69) is 35.8 Å². The van der Waals surface area contributed by atoms with Crippen LogP contribution in [0, 0.1) is 5.82 Å². The molecule has 0 unspecified atom stereocenters. The highest BCUT2D eigenvalue weighted by Crippen LogP contribution is 2.29. The predicted molar refractivity (Wildman–Crippen MR) is 115 cm³/mol. The lowest BCUT2D eigenvalue weighted by molar-refractivity contribution is -0.133. The molecule has 0 spiro atoms. The van der Waals surface area contributed by atoms with Crippen LogP contribution in [0.25, 0.3) is 11.2 Å². The highest BCUT2D eigenvalue weighted by Gasteiger charge is 2.24. The lowest BCUT2D eigenvalue weighted by Crippen LogP contribution is -2.39. The van der Waals surface area contributed by atoms with Gasteiger partial charge in [0.2, 0.25) is 5.95 Å². The number of aromatic nitrogens is 4. The second-order valence-electron chi connectivity index (χ2n) is 6.89. The van der Waals surface area contributed by atoms with Crippen LogP contribution in [0.2, 0.25) is 0 Å². The van der Waals surface area contributed by atoms with Crippen molar-refractivity contribution in [1.29, 1.82) is 0 Å². The van der Waals surface area contributed by atoms with Crippen LogP contribution in [-0.4, -0.2) is 55.5 Å². The van der Waals surface area contributed by atoms with Crippen LogP contribution in [0.4, 0.5) is 10.3 Å². The lowest BCUT2D eigenvalue weighted by Gasteiger charge is -2.32. The minimum absolute atomic E-state index is 0.0167. The Bertz CT molecular complexity index is 1090. The number of halogens is 2. The maximum atomic E-state index is 13.5. The van der Waals surface area contributed by atoms with Crippen molar-refractivity contribution in [2.75, 3.05) is 23.7 Å². The first-order chi connectivity index (χ1) is 14.4. The number of thioether (sulfide) groups is 1. The van der Waals surface area contributed by atoms with Gasteiger partial charge in [-0.2, -0.15) is 4.98 Å². The van der Waals surface area contributed by atoms with E-state index in [0.29, 0.717) is 35.6 Å². The molecule has 4 rings (SSSR count). The van der Waals surface area contributed by atoms with Gasteiger partial charge in [-0.15, -0.1) is 0 Å². The van der Waals surface area contributed by atoms with Gasteiger partial charge in [-0.1, -0.05) is 11.8 Å². The molecular formula is C19H19BrFN5O3S. The fourth-order valence-corrected chi connectivity index (χ4v) is 4.31. The number of aryl methyl sites for hydroxylation is 1. The van der Waals surface area contributed by atoms with E-state index in [1.165, 1.54) is 12.1 Å². The summed E-state index contributed by atoms with van der Waals surface area (Å²) in [5.74, 6) is -0.198. The normalized spacial score (nSPS) is 15.0. The molecule has 3 aromatic rings. The number of carbonyl (C=O) groups is 1. The monoisotopic (exact) mass is 495 g/mol. The van der Waals surface area contributed by atoms with Crippen LogP contribution < -0.4 is 9.64 Å². The van der Waals surface area contributed by atoms with Crippen molar-refractivity contribution in [3.8, 4) is 5.75 Å². The summed E-state index contributed by atoms with van der Waals surface area (Å²) < 4.78 is 22.0. The van der Waals surface area contributed by atoms with E-state index in [9.17, 15) is 9.18 Å². The molecule has 0 radical (unpaired) electrons. The van der Waals surface area contributed by atoms with Crippen LogP contribution in [0.15, 0.2) is 34.0 Å². The zero-order chi connectivity index (χ0) is 21.3. The van der Waals surface area contributed by atoms with Gasteiger partial charge in [-0.05, 0) is 28.1 Å². The first-order valence-electron chi connectivity index (χ1n) is 9.31. The Hall–Kier alpha value is -2.40. The number of anilines is 1. The molecule has 8 nitrogen and oxygen atoms in total. The number of rotatable bonds is 6. The molecule has 0 bridgehead atoms. The molecule has 0 amide bonds. The van der Waals surface area contributed by atoms with E-state index in [0.717, 1.165) is 34.6 Å². The molecule has 2 aromatic heterocycles. The smallest absolute Gasteiger partial charge is 0.313 e. The van der Waals surface area contributed by atoms with E-state index < -0.39 is 5.97 Å². The number of carboxylic acid groups (broad SMARTS) is 1. The molecule has 1 aliphatic heterocycles. The van der Waals surface area contributed by atoms with Crippen molar-refractivity contribution >= 4 is 50.8 Å². The maximum absolute atomic E-state index is 13.5. The first-order valence-corrected chi connectivity index (χ1v) is 11.1. The minimum atomic E-state index is -0.894. The molecule has 1 N–H and O–H groups in total.